The topological polar surface area (TPSA) is 32.3 Å². The molecule has 0 aliphatic carbocycles. The minimum absolute atomic E-state index is 0.148. The van der Waals surface area contributed by atoms with Crippen molar-refractivity contribution in [3.05, 3.63) is 54.8 Å². The number of hydrogen-bond acceptors (Lipinski definition) is 2. The van der Waals surface area contributed by atoms with Crippen LogP contribution in [0.2, 0.25) is 0 Å². The zero-order chi connectivity index (χ0) is 13.3. The number of carbonyl (C=O) groups is 1. The molecule has 0 heterocycles. The Morgan fingerprint density at radius 1 is 1.18 bits per heavy atom. The summed E-state index contributed by atoms with van der Waals surface area (Å²) in [7, 11) is 6.00. The van der Waals surface area contributed by atoms with Crippen molar-refractivity contribution in [3.8, 4) is 0 Å². The molecule has 1 aromatic carbocycles. The fraction of sp³-hybridized carbons (Fsp3) is 0.214. The smallest absolute Gasteiger partial charge is 0.255 e. The van der Waals surface area contributed by atoms with Crippen molar-refractivity contribution in [2.75, 3.05) is 21.1 Å². The van der Waals surface area contributed by atoms with Crippen molar-refractivity contribution in [2.45, 2.75) is 0 Å². The van der Waals surface area contributed by atoms with Crippen molar-refractivity contribution >= 4 is 12.0 Å². The Morgan fingerprint density at radius 3 is 2.00 bits per heavy atom. The average Bonchev–Trinajstić information content (AvgIpc) is 2.29. The number of nitrogens with one attached hydrogen (secondary N) is 1. The van der Waals surface area contributed by atoms with E-state index in [1.807, 2.05) is 38.2 Å². The third kappa shape index (κ3) is 7.09. The van der Waals surface area contributed by atoms with Crippen LogP contribution in [0.1, 0.15) is 15.9 Å². The van der Waals surface area contributed by atoms with Gasteiger partial charge in [-0.3, -0.25) is 4.79 Å². The molecule has 0 unspecified atom stereocenters. The van der Waals surface area contributed by atoms with Gasteiger partial charge in [0, 0.05) is 5.56 Å². The first-order valence-electron chi connectivity index (χ1n) is 5.26. The second-order valence-electron chi connectivity index (χ2n) is 3.85. The van der Waals surface area contributed by atoms with E-state index in [2.05, 4.69) is 18.5 Å². The van der Waals surface area contributed by atoms with Crippen LogP contribution in [-0.4, -0.2) is 32.0 Å². The molecule has 3 nitrogen and oxygen atoms in total. The van der Waals surface area contributed by atoms with E-state index >= 15 is 0 Å². The first-order chi connectivity index (χ1) is 8.01. The molecule has 0 saturated heterocycles. The number of benzene rings is 1. The molecule has 1 amide bonds. The van der Waals surface area contributed by atoms with E-state index in [0.717, 1.165) is 5.56 Å². The van der Waals surface area contributed by atoms with Gasteiger partial charge >= 0.3 is 0 Å². The summed E-state index contributed by atoms with van der Waals surface area (Å²) >= 11 is 0. The Morgan fingerprint density at radius 2 is 1.65 bits per heavy atom. The van der Waals surface area contributed by atoms with Gasteiger partial charge in [-0.25, -0.2) is 0 Å². The van der Waals surface area contributed by atoms with Crippen LogP contribution in [0, 0.1) is 0 Å². The summed E-state index contributed by atoms with van der Waals surface area (Å²) in [6.07, 6.45) is 3.10. The maximum absolute atomic E-state index is 11.2. The standard InChI is InChI=1S/C11H11NO.C3H9N/c1-3-9-5-7-10(8-6-9)11(13)12-4-2;1-4(2)3/h3-8H,1-2H2,(H,12,13);1-3H3. The van der Waals surface area contributed by atoms with E-state index < -0.39 is 0 Å². The van der Waals surface area contributed by atoms with Crippen LogP contribution in [0.15, 0.2) is 43.6 Å². The van der Waals surface area contributed by atoms with Gasteiger partial charge in [-0.1, -0.05) is 31.4 Å². The molecule has 92 valence electrons. The molecule has 0 radical (unpaired) electrons. The highest BCUT2D eigenvalue weighted by atomic mass is 16.1. The van der Waals surface area contributed by atoms with Gasteiger partial charge in [0.2, 0.25) is 0 Å². The summed E-state index contributed by atoms with van der Waals surface area (Å²) in [4.78, 5) is 13.2. The third-order valence-corrected chi connectivity index (χ3v) is 1.64. The molecule has 0 atom stereocenters. The van der Waals surface area contributed by atoms with E-state index in [1.165, 1.54) is 6.20 Å². The first-order valence-corrected chi connectivity index (χ1v) is 5.26. The van der Waals surface area contributed by atoms with Crippen molar-refractivity contribution < 1.29 is 4.79 Å². The molecule has 0 spiro atoms. The molecule has 1 aromatic rings. The Hall–Kier alpha value is -1.87. The summed E-state index contributed by atoms with van der Waals surface area (Å²) in [6, 6.07) is 7.17. The fourth-order valence-electron chi connectivity index (χ4n) is 0.947. The molecule has 1 N–H and O–H groups in total. The lowest BCUT2D eigenvalue weighted by Crippen LogP contribution is -2.16. The van der Waals surface area contributed by atoms with Gasteiger partial charge < -0.3 is 10.2 Å². The van der Waals surface area contributed by atoms with Crippen molar-refractivity contribution in [2.24, 2.45) is 0 Å². The van der Waals surface area contributed by atoms with E-state index in [9.17, 15) is 4.79 Å². The zero-order valence-corrected chi connectivity index (χ0v) is 10.7. The predicted molar refractivity (Wildman–Crippen MR) is 73.8 cm³/mol. The number of carbonyl (C=O) groups excluding carboxylic acids is 1. The number of nitrogens with zero attached hydrogens (tertiary/aromatic N) is 1. The summed E-state index contributed by atoms with van der Waals surface area (Å²) in [5.74, 6) is -0.148. The molecule has 0 fully saturated rings. The lowest BCUT2D eigenvalue weighted by atomic mass is 10.1. The minimum Gasteiger partial charge on any atom is -0.329 e. The summed E-state index contributed by atoms with van der Waals surface area (Å²) in [6.45, 7) is 7.04. The van der Waals surface area contributed by atoms with Gasteiger partial charge in [0.1, 0.15) is 0 Å². The highest BCUT2D eigenvalue weighted by molar-refractivity contribution is 5.94. The Bertz CT molecular complexity index is 364. The molecule has 3 heteroatoms. The van der Waals surface area contributed by atoms with Gasteiger partial charge in [-0.15, -0.1) is 0 Å². The van der Waals surface area contributed by atoms with Crippen molar-refractivity contribution in [1.29, 1.82) is 0 Å². The molecule has 0 bridgehead atoms. The van der Waals surface area contributed by atoms with Crippen molar-refractivity contribution in [1.82, 2.24) is 10.2 Å². The molecule has 0 aliphatic heterocycles. The number of rotatable bonds is 3. The highest BCUT2D eigenvalue weighted by Crippen LogP contribution is 2.04. The van der Waals surface area contributed by atoms with Crippen LogP contribution in [0.4, 0.5) is 0 Å². The monoisotopic (exact) mass is 232 g/mol. The highest BCUT2D eigenvalue weighted by Gasteiger charge is 2.00. The van der Waals surface area contributed by atoms with Crippen LogP contribution >= 0.6 is 0 Å². The second-order valence-corrected chi connectivity index (χ2v) is 3.85. The molecule has 17 heavy (non-hydrogen) atoms. The Balaban J connectivity index is 0.000000557. The number of hydrogen-bond donors (Lipinski definition) is 1. The lowest BCUT2D eigenvalue weighted by molar-refractivity contribution is 0.0970. The van der Waals surface area contributed by atoms with E-state index in [1.54, 1.807) is 18.2 Å². The van der Waals surface area contributed by atoms with Gasteiger partial charge in [0.15, 0.2) is 0 Å². The van der Waals surface area contributed by atoms with Crippen LogP contribution in [0.25, 0.3) is 6.08 Å². The van der Waals surface area contributed by atoms with Crippen LogP contribution in [0.3, 0.4) is 0 Å². The Labute approximate surface area is 103 Å². The average molecular weight is 232 g/mol. The fourth-order valence-corrected chi connectivity index (χ4v) is 0.947. The van der Waals surface area contributed by atoms with Crippen LogP contribution in [0.5, 0.6) is 0 Å². The third-order valence-electron chi connectivity index (χ3n) is 1.64. The van der Waals surface area contributed by atoms with E-state index in [0.29, 0.717) is 5.56 Å². The predicted octanol–water partition coefficient (Wildman–Crippen LogP) is 2.38. The quantitative estimate of drug-likeness (QED) is 0.867. The summed E-state index contributed by atoms with van der Waals surface area (Å²) < 4.78 is 0. The van der Waals surface area contributed by atoms with E-state index in [-0.39, 0.29) is 5.91 Å². The van der Waals surface area contributed by atoms with E-state index in [4.69, 9.17) is 0 Å². The summed E-state index contributed by atoms with van der Waals surface area (Å²) in [5.41, 5.74) is 1.61. The largest absolute Gasteiger partial charge is 0.329 e. The van der Waals surface area contributed by atoms with Gasteiger partial charge in [-0.05, 0) is 45.0 Å². The molecule has 0 saturated carbocycles. The molecule has 1 rings (SSSR count). The molecule has 0 aliphatic rings. The Kier molecular flexibility index (Phi) is 7.39. The minimum atomic E-state index is -0.148. The van der Waals surface area contributed by atoms with Gasteiger partial charge in [0.05, 0.1) is 0 Å². The maximum atomic E-state index is 11.2. The normalized spacial score (nSPS) is 8.94. The molecular weight excluding hydrogens is 212 g/mol. The van der Waals surface area contributed by atoms with Crippen LogP contribution < -0.4 is 5.32 Å². The molecular formula is C14H20N2O. The number of amides is 1. The zero-order valence-electron chi connectivity index (χ0n) is 10.7. The maximum Gasteiger partial charge on any atom is 0.255 e. The first kappa shape index (κ1) is 15.1. The van der Waals surface area contributed by atoms with Gasteiger partial charge in [-0.2, -0.15) is 0 Å². The second kappa shape index (κ2) is 8.30. The van der Waals surface area contributed by atoms with Crippen molar-refractivity contribution in [3.63, 3.8) is 0 Å². The van der Waals surface area contributed by atoms with Gasteiger partial charge in [0.25, 0.3) is 5.91 Å². The summed E-state index contributed by atoms with van der Waals surface area (Å²) in [5, 5.41) is 2.50. The molecule has 0 aromatic heterocycles. The lowest BCUT2D eigenvalue weighted by Gasteiger charge is -1.99. The van der Waals surface area contributed by atoms with Crippen LogP contribution in [-0.2, 0) is 0 Å². The SMILES string of the molecule is C=CNC(=O)c1ccc(C=C)cc1.CN(C)C.